The molecule has 1 unspecified atom stereocenters. The van der Waals surface area contributed by atoms with E-state index in [1.165, 1.54) is 30.3 Å². The summed E-state index contributed by atoms with van der Waals surface area (Å²) in [5.74, 6) is -1.17. The minimum absolute atomic E-state index is 0.0580. The Morgan fingerprint density at radius 1 is 0.875 bits per heavy atom. The summed E-state index contributed by atoms with van der Waals surface area (Å²) >= 11 is 5.26. The van der Waals surface area contributed by atoms with Crippen molar-refractivity contribution >= 4 is 34.6 Å². The Hall–Kier alpha value is -3.46. The summed E-state index contributed by atoms with van der Waals surface area (Å²) in [5, 5.41) is 8.86. The maximum Gasteiger partial charge on any atom is 0.416 e. The van der Waals surface area contributed by atoms with E-state index in [2.05, 4.69) is 16.0 Å². The number of nitrogens with one attached hydrogen (secondary N) is 3. The fourth-order valence-corrected chi connectivity index (χ4v) is 3.18. The van der Waals surface area contributed by atoms with Gasteiger partial charge in [0.05, 0.1) is 17.2 Å². The van der Waals surface area contributed by atoms with E-state index in [0.29, 0.717) is 16.9 Å². The molecule has 0 aliphatic rings. The molecule has 3 aromatic carbocycles. The van der Waals surface area contributed by atoms with Gasteiger partial charge in [0.25, 0.3) is 5.91 Å². The van der Waals surface area contributed by atoms with Crippen molar-refractivity contribution in [3.8, 4) is 0 Å². The largest absolute Gasteiger partial charge is 0.416 e. The van der Waals surface area contributed by atoms with E-state index in [4.69, 9.17) is 12.2 Å². The molecule has 0 bridgehead atoms. The highest BCUT2D eigenvalue weighted by atomic mass is 32.1. The van der Waals surface area contributed by atoms with Crippen LogP contribution in [-0.4, -0.2) is 11.0 Å². The van der Waals surface area contributed by atoms with Gasteiger partial charge in [-0.25, -0.2) is 4.39 Å². The maximum absolute atomic E-state index is 13.7. The maximum atomic E-state index is 13.7. The van der Waals surface area contributed by atoms with Crippen molar-refractivity contribution in [2.75, 3.05) is 10.6 Å². The Labute approximate surface area is 187 Å². The van der Waals surface area contributed by atoms with Gasteiger partial charge in [0.15, 0.2) is 5.11 Å². The van der Waals surface area contributed by atoms with Crippen molar-refractivity contribution in [1.29, 1.82) is 0 Å². The molecule has 0 aliphatic heterocycles. The molecule has 0 spiro atoms. The molecule has 0 aromatic heterocycles. The Morgan fingerprint density at radius 3 is 2.00 bits per heavy atom. The predicted octanol–water partition coefficient (Wildman–Crippen LogP) is 6.14. The molecule has 1 amide bonds. The highest BCUT2D eigenvalue weighted by Gasteiger charge is 2.30. The molecule has 3 aromatic rings. The third-order valence-corrected chi connectivity index (χ3v) is 4.82. The summed E-state index contributed by atoms with van der Waals surface area (Å²) in [6.07, 6.45) is -4.38. The van der Waals surface area contributed by atoms with Gasteiger partial charge in [-0.15, -0.1) is 0 Å². The van der Waals surface area contributed by atoms with Gasteiger partial charge in [-0.3, -0.25) is 4.79 Å². The molecule has 0 saturated carbocycles. The van der Waals surface area contributed by atoms with Crippen molar-refractivity contribution in [1.82, 2.24) is 5.32 Å². The number of amides is 1. The standard InChI is InChI=1S/C23H19F4N3OS/c1-14(15-6-8-16(9-7-15)23(25,26)27)28-22(32)30-18-12-10-17(11-13-18)29-21(31)19-4-2-3-5-20(19)24/h2-14H,1H3,(H,29,31)(H2,28,30,32). The molecular formula is C23H19F4N3OS. The Balaban J connectivity index is 1.55. The summed E-state index contributed by atoms with van der Waals surface area (Å²) < 4.78 is 51.8. The fraction of sp³-hybridized carbons (Fsp3) is 0.130. The van der Waals surface area contributed by atoms with Gasteiger partial charge in [-0.05, 0) is 73.2 Å². The molecule has 3 rings (SSSR count). The molecule has 0 heterocycles. The van der Waals surface area contributed by atoms with Crippen molar-refractivity contribution in [3.63, 3.8) is 0 Å². The van der Waals surface area contributed by atoms with Gasteiger partial charge in [0, 0.05) is 11.4 Å². The van der Waals surface area contributed by atoms with E-state index in [1.807, 2.05) is 0 Å². The van der Waals surface area contributed by atoms with Crippen LogP contribution in [0.2, 0.25) is 0 Å². The second-order valence-electron chi connectivity index (χ2n) is 6.95. The SMILES string of the molecule is CC(NC(=S)Nc1ccc(NC(=O)c2ccccc2F)cc1)c1ccc(C(F)(F)F)cc1. The quantitative estimate of drug-likeness (QED) is 0.315. The lowest BCUT2D eigenvalue weighted by Gasteiger charge is -2.18. The molecule has 9 heteroatoms. The summed E-state index contributed by atoms with van der Waals surface area (Å²) in [4.78, 5) is 12.2. The summed E-state index contributed by atoms with van der Waals surface area (Å²) in [6, 6.07) is 16.8. The van der Waals surface area contributed by atoms with Crippen LogP contribution in [0.5, 0.6) is 0 Å². The third-order valence-electron chi connectivity index (χ3n) is 4.60. The van der Waals surface area contributed by atoms with Crippen LogP contribution in [0.4, 0.5) is 28.9 Å². The number of carbonyl (C=O) groups is 1. The molecule has 0 radical (unpaired) electrons. The van der Waals surface area contributed by atoms with E-state index in [0.717, 1.165) is 12.1 Å². The minimum atomic E-state index is -4.38. The normalized spacial score (nSPS) is 12.0. The van der Waals surface area contributed by atoms with Crippen LogP contribution in [0.25, 0.3) is 0 Å². The average Bonchev–Trinajstić information content (AvgIpc) is 2.74. The fourth-order valence-electron chi connectivity index (χ4n) is 2.89. The Morgan fingerprint density at radius 2 is 1.44 bits per heavy atom. The van der Waals surface area contributed by atoms with Gasteiger partial charge in [0.2, 0.25) is 0 Å². The minimum Gasteiger partial charge on any atom is -0.356 e. The van der Waals surface area contributed by atoms with Crippen LogP contribution in [0.3, 0.4) is 0 Å². The number of hydrogen-bond acceptors (Lipinski definition) is 2. The molecule has 4 nitrogen and oxygen atoms in total. The van der Waals surface area contributed by atoms with E-state index >= 15 is 0 Å². The highest BCUT2D eigenvalue weighted by molar-refractivity contribution is 7.80. The topological polar surface area (TPSA) is 53.2 Å². The zero-order chi connectivity index (χ0) is 23.3. The second kappa shape index (κ2) is 9.78. The first kappa shape index (κ1) is 23.2. The van der Waals surface area contributed by atoms with E-state index < -0.39 is 23.5 Å². The monoisotopic (exact) mass is 461 g/mol. The molecule has 1 atom stereocenters. The Bertz CT molecular complexity index is 1100. The van der Waals surface area contributed by atoms with Crippen LogP contribution in [0.15, 0.2) is 72.8 Å². The van der Waals surface area contributed by atoms with Crippen molar-refractivity contribution in [2.24, 2.45) is 0 Å². The number of alkyl halides is 3. The molecular weight excluding hydrogens is 442 g/mol. The lowest BCUT2D eigenvalue weighted by atomic mass is 10.1. The van der Waals surface area contributed by atoms with Crippen molar-refractivity contribution in [3.05, 3.63) is 95.3 Å². The smallest absolute Gasteiger partial charge is 0.356 e. The molecule has 0 aliphatic carbocycles. The van der Waals surface area contributed by atoms with E-state index in [-0.39, 0.29) is 16.7 Å². The van der Waals surface area contributed by atoms with Gasteiger partial charge in [-0.1, -0.05) is 24.3 Å². The number of thiocarbonyl (C=S) groups is 1. The van der Waals surface area contributed by atoms with Gasteiger partial charge in [-0.2, -0.15) is 13.2 Å². The van der Waals surface area contributed by atoms with Crippen LogP contribution in [-0.2, 0) is 6.18 Å². The number of hydrogen-bond donors (Lipinski definition) is 3. The van der Waals surface area contributed by atoms with E-state index in [9.17, 15) is 22.4 Å². The summed E-state index contributed by atoms with van der Waals surface area (Å²) in [5.41, 5.74) is 0.980. The van der Waals surface area contributed by atoms with Crippen molar-refractivity contribution in [2.45, 2.75) is 19.1 Å². The van der Waals surface area contributed by atoms with Crippen LogP contribution in [0.1, 0.15) is 34.5 Å². The zero-order valence-electron chi connectivity index (χ0n) is 16.8. The number of carbonyl (C=O) groups excluding carboxylic acids is 1. The van der Waals surface area contributed by atoms with Gasteiger partial charge < -0.3 is 16.0 Å². The van der Waals surface area contributed by atoms with Crippen LogP contribution < -0.4 is 16.0 Å². The molecule has 0 saturated heterocycles. The lowest BCUT2D eigenvalue weighted by molar-refractivity contribution is -0.137. The number of anilines is 2. The number of rotatable bonds is 5. The molecule has 166 valence electrons. The first-order valence-electron chi connectivity index (χ1n) is 9.54. The zero-order valence-corrected chi connectivity index (χ0v) is 17.7. The molecule has 0 fully saturated rings. The predicted molar refractivity (Wildman–Crippen MR) is 120 cm³/mol. The molecule has 3 N–H and O–H groups in total. The van der Waals surface area contributed by atoms with Gasteiger partial charge in [0.1, 0.15) is 5.82 Å². The first-order chi connectivity index (χ1) is 15.1. The van der Waals surface area contributed by atoms with Crippen LogP contribution in [0, 0.1) is 5.82 Å². The van der Waals surface area contributed by atoms with Crippen LogP contribution >= 0.6 is 12.2 Å². The Kier molecular flexibility index (Phi) is 7.09. The van der Waals surface area contributed by atoms with E-state index in [1.54, 1.807) is 37.3 Å². The average molecular weight is 461 g/mol. The number of benzene rings is 3. The highest BCUT2D eigenvalue weighted by Crippen LogP contribution is 2.30. The number of halogens is 4. The third kappa shape index (κ3) is 6.04. The van der Waals surface area contributed by atoms with Crippen molar-refractivity contribution < 1.29 is 22.4 Å². The second-order valence-corrected chi connectivity index (χ2v) is 7.36. The summed E-state index contributed by atoms with van der Waals surface area (Å²) in [6.45, 7) is 1.78. The molecule has 32 heavy (non-hydrogen) atoms. The first-order valence-corrected chi connectivity index (χ1v) is 9.95. The van der Waals surface area contributed by atoms with Gasteiger partial charge >= 0.3 is 6.18 Å². The summed E-state index contributed by atoms with van der Waals surface area (Å²) in [7, 11) is 0. The lowest BCUT2D eigenvalue weighted by Crippen LogP contribution is -2.30.